The van der Waals surface area contributed by atoms with Crippen LogP contribution in [0.2, 0.25) is 0 Å². The van der Waals surface area contributed by atoms with Crippen LogP contribution in [0.25, 0.3) is 11.3 Å². The summed E-state index contributed by atoms with van der Waals surface area (Å²) in [4.78, 5) is 40.6. The number of hydrogen-bond acceptors (Lipinski definition) is 9. The number of hydrogen-bond donors (Lipinski definition) is 2. The number of fused-ring (bicyclic) bond motifs is 1. The number of aliphatic hydroxyl groups is 1. The first kappa shape index (κ1) is 27.8. The maximum atomic E-state index is 15.2. The molecule has 11 heteroatoms. The topological polar surface area (TPSA) is 131 Å². The molecular weight excluding hydrogens is 541 g/mol. The molecule has 1 atom stereocenters. The predicted octanol–water partition coefficient (Wildman–Crippen LogP) is 3.92. The molecule has 3 aliphatic rings. The smallest absolute Gasteiger partial charge is 0.349 e. The molecule has 10 nitrogen and oxygen atoms in total. The zero-order valence-corrected chi connectivity index (χ0v) is 23.1. The number of nitrogens with zero attached hydrogens (tertiary/aromatic N) is 4. The molecule has 1 saturated heterocycles. The van der Waals surface area contributed by atoms with Gasteiger partial charge in [-0.2, -0.15) is 0 Å². The van der Waals surface area contributed by atoms with Gasteiger partial charge in [0.05, 0.1) is 18.3 Å². The van der Waals surface area contributed by atoms with Crippen molar-refractivity contribution in [2.45, 2.75) is 50.7 Å². The zero-order chi connectivity index (χ0) is 29.4. The van der Waals surface area contributed by atoms with E-state index in [9.17, 15) is 14.7 Å². The molecule has 3 heterocycles. The minimum Gasteiger partial charge on any atom is -0.486 e. The largest absolute Gasteiger partial charge is 0.486 e. The number of nitrogens with two attached hydrogens (primary N) is 1. The molecule has 2 aliphatic heterocycles. The van der Waals surface area contributed by atoms with E-state index in [-0.39, 0.29) is 47.1 Å². The number of rotatable bonds is 9. The Labute approximate surface area is 242 Å². The normalized spacial score (nSPS) is 18.6. The molecule has 218 valence electrons. The van der Waals surface area contributed by atoms with Gasteiger partial charge in [-0.05, 0) is 67.3 Å². The van der Waals surface area contributed by atoms with Crippen molar-refractivity contribution >= 4 is 23.4 Å². The molecule has 0 radical (unpaired) electrons. The number of aliphatic hydroxyl groups excluding tert-OH is 1. The molecule has 3 aromatic rings. The van der Waals surface area contributed by atoms with E-state index in [0.29, 0.717) is 43.0 Å². The molecule has 6 rings (SSSR count). The molecule has 0 bridgehead atoms. The molecule has 1 aromatic heterocycles. The van der Waals surface area contributed by atoms with E-state index in [0.717, 1.165) is 18.1 Å². The quantitative estimate of drug-likeness (QED) is 0.366. The molecular formula is C31H32FN5O5. The van der Waals surface area contributed by atoms with Crippen LogP contribution < -0.4 is 15.4 Å². The minimum atomic E-state index is -0.610. The van der Waals surface area contributed by atoms with Crippen molar-refractivity contribution in [1.82, 2.24) is 15.0 Å². The Kier molecular flexibility index (Phi) is 7.61. The first-order valence-electron chi connectivity index (χ1n) is 14.1. The summed E-state index contributed by atoms with van der Waals surface area (Å²) >= 11 is 0. The third-order valence-electron chi connectivity index (χ3n) is 8.10. The fourth-order valence-corrected chi connectivity index (χ4v) is 5.80. The second-order valence-corrected chi connectivity index (χ2v) is 10.8. The number of ether oxygens (including phenoxy) is 1. The monoisotopic (exact) mass is 573 g/mol. The Morgan fingerprint density at radius 2 is 2.00 bits per heavy atom. The van der Waals surface area contributed by atoms with E-state index < -0.39 is 18.4 Å². The Morgan fingerprint density at radius 1 is 1.17 bits per heavy atom. The zero-order valence-electron chi connectivity index (χ0n) is 23.1. The number of hydroxylamine groups is 2. The number of anilines is 2. The standard InChI is InChI=1S/C31H32FN5O5/c1-2-27(39)42-37-10-3-4-22(37)16-41-29-28(34-17-35-30(29)33)24-13-21(32)14-26(25(24)15-38)36-11-9-20-12-19(18-5-6-18)7-8-23(20)31(36)40/h2,7-8,12-14,17-18,22,38H,1,3-6,9-11,15-16H2,(H2,33,34,35)/t22-/m0/s1. The van der Waals surface area contributed by atoms with Gasteiger partial charge in [-0.3, -0.25) is 4.79 Å². The van der Waals surface area contributed by atoms with Gasteiger partial charge in [0.1, 0.15) is 24.4 Å². The highest BCUT2D eigenvalue weighted by Gasteiger charge is 2.32. The van der Waals surface area contributed by atoms with Gasteiger partial charge in [0.25, 0.3) is 5.91 Å². The predicted molar refractivity (Wildman–Crippen MR) is 153 cm³/mol. The summed E-state index contributed by atoms with van der Waals surface area (Å²) in [5.74, 6) is -0.723. The van der Waals surface area contributed by atoms with E-state index in [1.54, 1.807) is 0 Å². The lowest BCUT2D eigenvalue weighted by molar-refractivity contribution is -0.190. The van der Waals surface area contributed by atoms with Gasteiger partial charge in [0, 0.05) is 35.9 Å². The number of amides is 1. The molecule has 1 aliphatic carbocycles. The van der Waals surface area contributed by atoms with E-state index >= 15 is 4.39 Å². The van der Waals surface area contributed by atoms with E-state index in [4.69, 9.17) is 15.3 Å². The molecule has 2 fully saturated rings. The highest BCUT2D eigenvalue weighted by atomic mass is 19.1. The van der Waals surface area contributed by atoms with Gasteiger partial charge in [0.15, 0.2) is 11.6 Å². The summed E-state index contributed by atoms with van der Waals surface area (Å²) in [6.45, 7) is 3.91. The minimum absolute atomic E-state index is 0.0248. The van der Waals surface area contributed by atoms with Crippen molar-refractivity contribution in [3.05, 3.63) is 77.4 Å². The second-order valence-electron chi connectivity index (χ2n) is 10.8. The number of nitrogen functional groups attached to an aromatic ring is 1. The third kappa shape index (κ3) is 5.33. The lowest BCUT2D eigenvalue weighted by Gasteiger charge is -2.31. The van der Waals surface area contributed by atoms with Crippen molar-refractivity contribution in [3.63, 3.8) is 0 Å². The second kappa shape index (κ2) is 11.5. The number of carbonyl (C=O) groups excluding carboxylic acids is 2. The summed E-state index contributed by atoms with van der Waals surface area (Å²) in [5.41, 5.74) is 10.0. The summed E-state index contributed by atoms with van der Waals surface area (Å²) in [6.07, 6.45) is 6.78. The van der Waals surface area contributed by atoms with Crippen LogP contribution in [0, 0.1) is 5.82 Å². The lowest BCUT2D eigenvalue weighted by atomic mass is 9.93. The Bertz CT molecular complexity index is 1560. The Balaban J connectivity index is 1.32. The molecule has 1 amide bonds. The van der Waals surface area contributed by atoms with Gasteiger partial charge in [0.2, 0.25) is 0 Å². The van der Waals surface area contributed by atoms with E-state index in [2.05, 4.69) is 22.6 Å². The van der Waals surface area contributed by atoms with Gasteiger partial charge < -0.3 is 25.3 Å². The third-order valence-corrected chi connectivity index (χ3v) is 8.10. The van der Waals surface area contributed by atoms with Crippen LogP contribution in [0.15, 0.2) is 49.3 Å². The van der Waals surface area contributed by atoms with Crippen LogP contribution in [-0.2, 0) is 22.7 Å². The maximum absolute atomic E-state index is 15.2. The van der Waals surface area contributed by atoms with Gasteiger partial charge in [-0.25, -0.2) is 19.2 Å². The number of aromatic nitrogens is 2. The Hall–Kier alpha value is -4.35. The molecule has 1 saturated carbocycles. The molecule has 42 heavy (non-hydrogen) atoms. The number of carbonyl (C=O) groups is 2. The summed E-state index contributed by atoms with van der Waals surface area (Å²) < 4.78 is 21.3. The van der Waals surface area contributed by atoms with Gasteiger partial charge in [-0.15, -0.1) is 5.06 Å². The summed E-state index contributed by atoms with van der Waals surface area (Å²) in [5, 5.41) is 12.1. The van der Waals surface area contributed by atoms with Crippen LogP contribution in [0.5, 0.6) is 5.75 Å². The van der Waals surface area contributed by atoms with Crippen molar-refractivity contribution in [2.75, 3.05) is 30.3 Å². The van der Waals surface area contributed by atoms with Crippen molar-refractivity contribution < 1.29 is 28.7 Å². The van der Waals surface area contributed by atoms with Crippen molar-refractivity contribution in [2.24, 2.45) is 0 Å². The fourth-order valence-electron chi connectivity index (χ4n) is 5.80. The van der Waals surface area contributed by atoms with E-state index in [1.165, 1.54) is 46.8 Å². The summed E-state index contributed by atoms with van der Waals surface area (Å²) in [7, 11) is 0. The average Bonchev–Trinajstić information content (AvgIpc) is 3.76. The number of halogens is 1. The fraction of sp³-hybridized carbons (Fsp3) is 0.355. The summed E-state index contributed by atoms with van der Waals surface area (Å²) in [6, 6.07) is 8.20. The molecule has 0 spiro atoms. The first-order chi connectivity index (χ1) is 20.4. The van der Waals surface area contributed by atoms with Crippen molar-refractivity contribution in [3.8, 4) is 17.0 Å². The SMILES string of the molecule is C=CC(=O)ON1CCC[C@H]1COc1c(N)ncnc1-c1cc(F)cc(N2CCc3cc(C4CC4)ccc3C2=O)c1CO. The molecule has 3 N–H and O–H groups in total. The van der Waals surface area contributed by atoms with Crippen molar-refractivity contribution in [1.29, 1.82) is 0 Å². The van der Waals surface area contributed by atoms with E-state index in [1.807, 2.05) is 12.1 Å². The van der Waals surface area contributed by atoms with Crippen LogP contribution in [0.1, 0.15) is 58.6 Å². The molecule has 0 unspecified atom stereocenters. The maximum Gasteiger partial charge on any atom is 0.349 e. The van der Waals surface area contributed by atoms with Gasteiger partial charge >= 0.3 is 5.97 Å². The highest BCUT2D eigenvalue weighted by Crippen LogP contribution is 2.42. The Morgan fingerprint density at radius 3 is 2.76 bits per heavy atom. The lowest BCUT2D eigenvalue weighted by Crippen LogP contribution is -2.38. The average molecular weight is 574 g/mol. The first-order valence-corrected chi connectivity index (χ1v) is 14.1. The van der Waals surface area contributed by atoms with Crippen LogP contribution in [0.3, 0.4) is 0 Å². The van der Waals surface area contributed by atoms with Crippen LogP contribution in [0.4, 0.5) is 15.9 Å². The highest BCUT2D eigenvalue weighted by molar-refractivity contribution is 6.09. The molecule has 2 aromatic carbocycles. The number of benzene rings is 2. The van der Waals surface area contributed by atoms with Crippen LogP contribution in [-0.4, -0.2) is 57.8 Å². The van der Waals surface area contributed by atoms with Crippen LogP contribution >= 0.6 is 0 Å². The van der Waals surface area contributed by atoms with Gasteiger partial charge in [-0.1, -0.05) is 18.7 Å².